The third-order valence-electron chi connectivity index (χ3n) is 5.46. The monoisotopic (exact) mass is 334 g/mol. The Hall–Kier alpha value is -1.63. The lowest BCUT2D eigenvalue weighted by Crippen LogP contribution is -2.39. The van der Waals surface area contributed by atoms with Gasteiger partial charge in [-0.25, -0.2) is 0 Å². The molecule has 0 radical (unpaired) electrons. The molecule has 7 heteroatoms. The van der Waals surface area contributed by atoms with Gasteiger partial charge in [-0.1, -0.05) is 5.10 Å². The van der Waals surface area contributed by atoms with Crippen LogP contribution in [0.2, 0.25) is 0 Å². The molecule has 1 aromatic heterocycles. The molecule has 0 spiro atoms. The smallest absolute Gasteiger partial charge is 0.318 e. The van der Waals surface area contributed by atoms with Crippen molar-refractivity contribution in [3.63, 3.8) is 0 Å². The highest BCUT2D eigenvalue weighted by Crippen LogP contribution is 2.40. The summed E-state index contributed by atoms with van der Waals surface area (Å²) in [4.78, 5) is 15.9. The van der Waals surface area contributed by atoms with Crippen LogP contribution in [-0.4, -0.2) is 60.4 Å². The maximum atomic E-state index is 12.0. The van der Waals surface area contributed by atoms with E-state index in [9.17, 15) is 4.79 Å². The van der Waals surface area contributed by atoms with E-state index >= 15 is 0 Å². The number of nitrogens with zero attached hydrogens (tertiary/aromatic N) is 4. The Labute approximate surface area is 142 Å². The molecule has 132 valence electrons. The summed E-state index contributed by atoms with van der Waals surface area (Å²) in [7, 11) is 3.58. The van der Waals surface area contributed by atoms with E-state index in [0.717, 1.165) is 44.7 Å². The van der Waals surface area contributed by atoms with Gasteiger partial charge in [-0.3, -0.25) is 4.79 Å². The predicted octanol–water partition coefficient (Wildman–Crippen LogP) is 1.80. The summed E-state index contributed by atoms with van der Waals surface area (Å²) in [5.74, 6) is 1.92. The van der Waals surface area contributed by atoms with Gasteiger partial charge in [0.1, 0.15) is 6.10 Å². The SMILES string of the molecule is CN(C)C(=O)[C@H]1CC[C@@H](C2CCN(c3nnc(C4CC4)o3)CC2)O1. The predicted molar refractivity (Wildman–Crippen MR) is 87.8 cm³/mol. The van der Waals surface area contributed by atoms with Crippen LogP contribution in [0.5, 0.6) is 0 Å². The molecule has 1 aliphatic carbocycles. The molecule has 2 aliphatic heterocycles. The molecule has 0 unspecified atom stereocenters. The lowest BCUT2D eigenvalue weighted by Gasteiger charge is -2.33. The number of amides is 1. The Morgan fingerprint density at radius 3 is 2.50 bits per heavy atom. The fraction of sp³-hybridized carbons (Fsp3) is 0.824. The Morgan fingerprint density at radius 2 is 1.83 bits per heavy atom. The van der Waals surface area contributed by atoms with Gasteiger partial charge in [0, 0.05) is 33.1 Å². The highest BCUT2D eigenvalue weighted by molar-refractivity contribution is 5.80. The fourth-order valence-corrected chi connectivity index (χ4v) is 3.79. The van der Waals surface area contributed by atoms with Gasteiger partial charge < -0.3 is 19.0 Å². The fourth-order valence-electron chi connectivity index (χ4n) is 3.79. The first-order valence-corrected chi connectivity index (χ1v) is 9.07. The van der Waals surface area contributed by atoms with Crippen LogP contribution in [0.1, 0.15) is 50.3 Å². The summed E-state index contributed by atoms with van der Waals surface area (Å²) in [5.41, 5.74) is 0. The van der Waals surface area contributed by atoms with E-state index in [-0.39, 0.29) is 18.1 Å². The molecule has 24 heavy (non-hydrogen) atoms. The number of rotatable bonds is 4. The number of carbonyl (C=O) groups excluding carboxylic acids is 1. The molecule has 3 fully saturated rings. The van der Waals surface area contributed by atoms with Crippen LogP contribution in [0.4, 0.5) is 6.01 Å². The number of ether oxygens (including phenoxy) is 1. The summed E-state index contributed by atoms with van der Waals surface area (Å²) in [6.45, 7) is 1.84. The number of hydrogen-bond donors (Lipinski definition) is 0. The number of hydrogen-bond acceptors (Lipinski definition) is 6. The van der Waals surface area contributed by atoms with E-state index < -0.39 is 0 Å². The second kappa shape index (κ2) is 6.35. The standard InChI is InChI=1S/C17H26N4O3/c1-20(2)16(22)14-6-5-13(23-14)11-7-9-21(10-8-11)17-19-18-15(24-17)12-3-4-12/h11-14H,3-10H2,1-2H3/t13-,14+/m0/s1. The van der Waals surface area contributed by atoms with E-state index in [0.29, 0.717) is 17.9 Å². The molecule has 1 saturated carbocycles. The van der Waals surface area contributed by atoms with E-state index in [2.05, 4.69) is 15.1 Å². The summed E-state index contributed by atoms with van der Waals surface area (Å²) in [6, 6.07) is 0.670. The van der Waals surface area contributed by atoms with E-state index in [1.54, 1.807) is 19.0 Å². The average Bonchev–Trinajstić information content (AvgIpc) is 3.13. The Bertz CT molecular complexity index is 590. The van der Waals surface area contributed by atoms with Crippen molar-refractivity contribution in [2.75, 3.05) is 32.1 Å². The number of anilines is 1. The van der Waals surface area contributed by atoms with Gasteiger partial charge in [-0.05, 0) is 44.4 Å². The first-order chi connectivity index (χ1) is 11.6. The molecular formula is C17H26N4O3. The van der Waals surface area contributed by atoms with Crippen molar-refractivity contribution in [3.05, 3.63) is 5.89 Å². The Morgan fingerprint density at radius 1 is 1.08 bits per heavy atom. The van der Waals surface area contributed by atoms with E-state index in [4.69, 9.17) is 9.15 Å². The molecular weight excluding hydrogens is 308 g/mol. The maximum absolute atomic E-state index is 12.0. The zero-order valence-corrected chi connectivity index (χ0v) is 14.5. The number of piperidine rings is 1. The minimum atomic E-state index is -0.250. The van der Waals surface area contributed by atoms with Crippen LogP contribution in [0.3, 0.4) is 0 Å². The highest BCUT2D eigenvalue weighted by Gasteiger charge is 2.38. The zero-order chi connectivity index (χ0) is 16.7. The molecule has 3 heterocycles. The Balaban J connectivity index is 1.29. The minimum absolute atomic E-state index is 0.0911. The van der Waals surface area contributed by atoms with E-state index in [1.165, 1.54) is 12.8 Å². The molecule has 2 atom stereocenters. The van der Waals surface area contributed by atoms with Crippen LogP contribution in [0.15, 0.2) is 4.42 Å². The van der Waals surface area contributed by atoms with Gasteiger partial charge in [-0.2, -0.15) is 0 Å². The first kappa shape index (κ1) is 15.9. The number of carbonyl (C=O) groups is 1. The normalized spacial score (nSPS) is 28.3. The molecule has 7 nitrogen and oxygen atoms in total. The van der Waals surface area contributed by atoms with Crippen molar-refractivity contribution in [1.29, 1.82) is 0 Å². The van der Waals surface area contributed by atoms with Crippen LogP contribution >= 0.6 is 0 Å². The summed E-state index contributed by atoms with van der Waals surface area (Å²) in [6.07, 6.45) is 6.25. The van der Waals surface area contributed by atoms with Gasteiger partial charge in [0.25, 0.3) is 5.91 Å². The summed E-state index contributed by atoms with van der Waals surface area (Å²) >= 11 is 0. The topological polar surface area (TPSA) is 71.7 Å². The minimum Gasteiger partial charge on any atom is -0.408 e. The Kier molecular flexibility index (Phi) is 4.20. The first-order valence-electron chi connectivity index (χ1n) is 9.07. The van der Waals surface area contributed by atoms with Crippen LogP contribution in [0, 0.1) is 5.92 Å². The molecule has 3 aliphatic rings. The van der Waals surface area contributed by atoms with Crippen molar-refractivity contribution >= 4 is 11.9 Å². The largest absolute Gasteiger partial charge is 0.408 e. The lowest BCUT2D eigenvalue weighted by molar-refractivity contribution is -0.141. The van der Waals surface area contributed by atoms with Crippen molar-refractivity contribution in [3.8, 4) is 0 Å². The molecule has 2 saturated heterocycles. The molecule has 0 N–H and O–H groups in total. The van der Waals surface area contributed by atoms with E-state index in [1.807, 2.05) is 0 Å². The van der Waals surface area contributed by atoms with Crippen molar-refractivity contribution < 1.29 is 13.9 Å². The van der Waals surface area contributed by atoms with Crippen molar-refractivity contribution in [2.24, 2.45) is 5.92 Å². The maximum Gasteiger partial charge on any atom is 0.318 e. The van der Waals surface area contributed by atoms with Crippen LogP contribution < -0.4 is 4.90 Å². The van der Waals surface area contributed by atoms with Gasteiger partial charge >= 0.3 is 6.01 Å². The summed E-state index contributed by atoms with van der Waals surface area (Å²) < 4.78 is 11.9. The van der Waals surface area contributed by atoms with Gasteiger partial charge in [0.2, 0.25) is 5.89 Å². The van der Waals surface area contributed by atoms with Crippen molar-refractivity contribution in [2.45, 2.75) is 56.7 Å². The third-order valence-corrected chi connectivity index (χ3v) is 5.46. The lowest BCUT2D eigenvalue weighted by atomic mass is 9.90. The van der Waals surface area contributed by atoms with Gasteiger partial charge in [0.15, 0.2) is 0 Å². The second-order valence-corrected chi connectivity index (χ2v) is 7.49. The second-order valence-electron chi connectivity index (χ2n) is 7.49. The molecule has 1 aromatic rings. The van der Waals surface area contributed by atoms with Crippen LogP contribution in [0.25, 0.3) is 0 Å². The molecule has 0 aromatic carbocycles. The highest BCUT2D eigenvalue weighted by atomic mass is 16.5. The third kappa shape index (κ3) is 3.14. The molecule has 4 rings (SSSR count). The average molecular weight is 334 g/mol. The zero-order valence-electron chi connectivity index (χ0n) is 14.5. The van der Waals surface area contributed by atoms with Crippen LogP contribution in [-0.2, 0) is 9.53 Å². The summed E-state index contributed by atoms with van der Waals surface area (Å²) in [5, 5.41) is 8.38. The molecule has 1 amide bonds. The molecule has 0 bridgehead atoms. The number of aromatic nitrogens is 2. The number of likely N-dealkylation sites (N-methyl/N-ethyl adjacent to an activating group) is 1. The van der Waals surface area contributed by atoms with Gasteiger partial charge in [0.05, 0.1) is 6.10 Å². The van der Waals surface area contributed by atoms with Gasteiger partial charge in [-0.15, -0.1) is 5.10 Å². The quantitative estimate of drug-likeness (QED) is 0.836. The van der Waals surface area contributed by atoms with Crippen molar-refractivity contribution in [1.82, 2.24) is 15.1 Å².